The maximum absolute atomic E-state index is 10.7. The molecule has 0 amide bonds. The smallest absolute Gasteiger partial charge is 0.266 e. The Morgan fingerprint density at radius 2 is 2.19 bits per heavy atom. The summed E-state index contributed by atoms with van der Waals surface area (Å²) >= 11 is 4.23. The first-order chi connectivity index (χ1) is 7.56. The zero-order valence-corrected chi connectivity index (χ0v) is 10.0. The summed E-state index contributed by atoms with van der Waals surface area (Å²) in [4.78, 5) is 3.12. The molecule has 4 nitrogen and oxygen atoms in total. The minimum atomic E-state index is -3.51. The molecule has 1 unspecified atom stereocenters. The van der Waals surface area contributed by atoms with Crippen LogP contribution in [0.25, 0.3) is 10.9 Å². The van der Waals surface area contributed by atoms with Crippen molar-refractivity contribution < 1.29 is 12.9 Å². The van der Waals surface area contributed by atoms with Gasteiger partial charge in [0.05, 0.1) is 6.61 Å². The van der Waals surface area contributed by atoms with Crippen LogP contribution in [0.3, 0.4) is 0 Å². The molecule has 1 aromatic carbocycles. The maximum atomic E-state index is 10.7. The highest BCUT2D eigenvalue weighted by molar-refractivity contribution is 8.27. The van der Waals surface area contributed by atoms with Crippen molar-refractivity contribution in [2.75, 3.05) is 6.61 Å². The lowest BCUT2D eigenvalue weighted by molar-refractivity contribution is 0.308. The molecule has 2 aromatic rings. The molecule has 0 aliphatic rings. The summed E-state index contributed by atoms with van der Waals surface area (Å²) in [7, 11) is -3.51. The Labute approximate surface area is 98.3 Å². The largest absolute Gasteiger partial charge is 0.361 e. The van der Waals surface area contributed by atoms with E-state index in [-0.39, 0.29) is 6.61 Å². The van der Waals surface area contributed by atoms with E-state index >= 15 is 0 Å². The average molecular weight is 257 g/mol. The molecular formula is C10H11NO3S2. The van der Waals surface area contributed by atoms with E-state index in [1.54, 1.807) is 0 Å². The number of aromatic amines is 1. The van der Waals surface area contributed by atoms with Crippen LogP contribution in [0.1, 0.15) is 5.56 Å². The molecule has 0 fully saturated rings. The van der Waals surface area contributed by atoms with Crippen LogP contribution in [-0.4, -0.2) is 20.4 Å². The molecule has 1 atom stereocenters. The third-order valence-electron chi connectivity index (χ3n) is 2.28. The third-order valence-corrected chi connectivity index (χ3v) is 3.03. The normalized spacial score (nSPS) is 15.1. The summed E-state index contributed by atoms with van der Waals surface area (Å²) in [5, 5.41) is 1.10. The topological polar surface area (TPSA) is 62.3 Å². The van der Waals surface area contributed by atoms with E-state index in [1.165, 1.54) is 0 Å². The van der Waals surface area contributed by atoms with Crippen LogP contribution in [0, 0.1) is 0 Å². The van der Waals surface area contributed by atoms with E-state index in [9.17, 15) is 4.21 Å². The summed E-state index contributed by atoms with van der Waals surface area (Å²) in [6.45, 7) is 0.140. The van der Waals surface area contributed by atoms with Crippen molar-refractivity contribution >= 4 is 31.1 Å². The van der Waals surface area contributed by atoms with Crippen molar-refractivity contribution in [3.8, 4) is 0 Å². The highest BCUT2D eigenvalue weighted by Crippen LogP contribution is 2.18. The minimum absolute atomic E-state index is 0.140. The summed E-state index contributed by atoms with van der Waals surface area (Å²) < 4.78 is 24.1. The molecule has 2 N–H and O–H groups in total. The predicted molar refractivity (Wildman–Crippen MR) is 66.1 cm³/mol. The Kier molecular flexibility index (Phi) is 3.25. The van der Waals surface area contributed by atoms with Crippen molar-refractivity contribution in [1.29, 1.82) is 0 Å². The monoisotopic (exact) mass is 257 g/mol. The van der Waals surface area contributed by atoms with E-state index in [0.717, 1.165) is 16.5 Å². The molecule has 0 radical (unpaired) electrons. The summed E-state index contributed by atoms with van der Waals surface area (Å²) in [5.74, 6) is 0. The number of nitrogens with one attached hydrogen (secondary N) is 1. The van der Waals surface area contributed by atoms with Gasteiger partial charge in [-0.3, -0.25) is 8.74 Å². The lowest BCUT2D eigenvalue weighted by Gasteiger charge is -2.01. The van der Waals surface area contributed by atoms with Crippen LogP contribution in [-0.2, 0) is 30.8 Å². The molecule has 0 saturated heterocycles. The van der Waals surface area contributed by atoms with Crippen molar-refractivity contribution in [2.24, 2.45) is 0 Å². The fraction of sp³-hybridized carbons (Fsp3) is 0.200. The lowest BCUT2D eigenvalue weighted by atomic mass is 10.1. The molecule has 2 rings (SSSR count). The zero-order valence-electron chi connectivity index (χ0n) is 8.38. The quantitative estimate of drug-likeness (QED) is 0.877. The molecule has 6 heteroatoms. The summed E-state index contributed by atoms with van der Waals surface area (Å²) in [6.07, 6.45) is 2.43. The van der Waals surface area contributed by atoms with Gasteiger partial charge in [-0.05, 0) is 18.1 Å². The van der Waals surface area contributed by atoms with Gasteiger partial charge in [0.1, 0.15) is 0 Å². The van der Waals surface area contributed by atoms with Gasteiger partial charge in [0.25, 0.3) is 9.05 Å². The van der Waals surface area contributed by atoms with Crippen molar-refractivity contribution in [3.05, 3.63) is 36.0 Å². The molecule has 86 valence electrons. The molecule has 0 spiro atoms. The van der Waals surface area contributed by atoms with Crippen molar-refractivity contribution in [2.45, 2.75) is 6.42 Å². The van der Waals surface area contributed by atoms with E-state index in [1.807, 2.05) is 30.5 Å². The van der Waals surface area contributed by atoms with Crippen molar-refractivity contribution in [3.63, 3.8) is 0 Å². The first-order valence-corrected chi connectivity index (χ1v) is 7.09. The Morgan fingerprint density at radius 3 is 2.94 bits per heavy atom. The molecule has 0 saturated carbocycles. The number of para-hydroxylation sites is 1. The van der Waals surface area contributed by atoms with Crippen LogP contribution < -0.4 is 0 Å². The standard InChI is InChI=1S/C10H11NO3S2/c12-16(13,15)14-6-5-8-7-11-10-4-2-1-3-9(8)10/h1-4,7,11H,5-6H2,(H,12,13,15). The van der Waals surface area contributed by atoms with E-state index in [0.29, 0.717) is 6.42 Å². The van der Waals surface area contributed by atoms with E-state index in [4.69, 9.17) is 4.55 Å². The van der Waals surface area contributed by atoms with Gasteiger partial charge < -0.3 is 4.98 Å². The number of fused-ring (bicyclic) bond motifs is 1. The predicted octanol–water partition coefficient (Wildman–Crippen LogP) is 1.86. The first kappa shape index (κ1) is 11.5. The van der Waals surface area contributed by atoms with Gasteiger partial charge >= 0.3 is 0 Å². The minimum Gasteiger partial charge on any atom is -0.361 e. The first-order valence-electron chi connectivity index (χ1n) is 4.73. The highest BCUT2D eigenvalue weighted by Gasteiger charge is 2.04. The fourth-order valence-electron chi connectivity index (χ4n) is 1.60. The Bertz CT molecular complexity index is 589. The molecule has 0 aliphatic heterocycles. The second-order valence-electron chi connectivity index (χ2n) is 3.36. The van der Waals surface area contributed by atoms with Gasteiger partial charge in [-0.25, -0.2) is 0 Å². The number of benzene rings is 1. The Hall–Kier alpha value is -0.950. The molecule has 1 aromatic heterocycles. The lowest BCUT2D eigenvalue weighted by Crippen LogP contribution is -2.05. The second kappa shape index (κ2) is 4.50. The third kappa shape index (κ3) is 2.79. The fourth-order valence-corrected chi connectivity index (χ4v) is 2.09. The zero-order chi connectivity index (χ0) is 11.6. The maximum Gasteiger partial charge on any atom is 0.266 e. The van der Waals surface area contributed by atoms with Crippen LogP contribution in [0.5, 0.6) is 0 Å². The van der Waals surface area contributed by atoms with Gasteiger partial charge in [-0.2, -0.15) is 4.21 Å². The van der Waals surface area contributed by atoms with Gasteiger partial charge in [0, 0.05) is 28.3 Å². The van der Waals surface area contributed by atoms with Crippen LogP contribution in [0.2, 0.25) is 0 Å². The summed E-state index contributed by atoms with van der Waals surface area (Å²) in [5.41, 5.74) is 2.09. The number of hydrogen-bond acceptors (Lipinski definition) is 3. The molecule has 1 heterocycles. The van der Waals surface area contributed by atoms with Gasteiger partial charge in [0.2, 0.25) is 0 Å². The van der Waals surface area contributed by atoms with Gasteiger partial charge in [-0.1, -0.05) is 18.2 Å². The average Bonchev–Trinajstić information content (AvgIpc) is 2.60. The number of hydrogen-bond donors (Lipinski definition) is 2. The Balaban J connectivity index is 2.10. The SMILES string of the molecule is O=S(O)(=S)OCCc1c[nH]c2ccccc12. The van der Waals surface area contributed by atoms with Crippen LogP contribution >= 0.6 is 0 Å². The van der Waals surface area contributed by atoms with Crippen molar-refractivity contribution in [1.82, 2.24) is 4.98 Å². The molecule has 0 bridgehead atoms. The summed E-state index contributed by atoms with van der Waals surface area (Å²) in [6, 6.07) is 7.86. The van der Waals surface area contributed by atoms with E-state index < -0.39 is 9.05 Å². The Morgan fingerprint density at radius 1 is 1.44 bits per heavy atom. The number of rotatable bonds is 4. The van der Waals surface area contributed by atoms with Crippen LogP contribution in [0.4, 0.5) is 0 Å². The molecular weight excluding hydrogens is 246 g/mol. The van der Waals surface area contributed by atoms with Crippen LogP contribution in [0.15, 0.2) is 30.5 Å². The molecule has 16 heavy (non-hydrogen) atoms. The second-order valence-corrected chi connectivity index (χ2v) is 5.71. The molecule has 0 aliphatic carbocycles. The van der Waals surface area contributed by atoms with E-state index in [2.05, 4.69) is 20.4 Å². The van der Waals surface area contributed by atoms with Gasteiger partial charge in [0.15, 0.2) is 0 Å². The highest BCUT2D eigenvalue weighted by atomic mass is 32.9. The number of aromatic nitrogens is 1. The van der Waals surface area contributed by atoms with Gasteiger partial charge in [-0.15, -0.1) is 0 Å². The number of H-pyrrole nitrogens is 1.